The van der Waals surface area contributed by atoms with Crippen LogP contribution in [0.2, 0.25) is 0 Å². The van der Waals surface area contributed by atoms with Crippen LogP contribution in [0.15, 0.2) is 54.6 Å². The summed E-state index contributed by atoms with van der Waals surface area (Å²) in [6.45, 7) is 2.93. The number of para-hydroxylation sites is 1. The Balaban J connectivity index is 1.98. The predicted molar refractivity (Wildman–Crippen MR) is 85.3 cm³/mol. The first-order valence-electron chi connectivity index (χ1n) is 6.28. The zero-order valence-electron chi connectivity index (χ0n) is 11.3. The molecule has 0 saturated heterocycles. The third-order valence-electron chi connectivity index (χ3n) is 3.04. The fourth-order valence-corrected chi connectivity index (χ4v) is 2.04. The van der Waals surface area contributed by atoms with Crippen LogP contribution in [0.4, 0.5) is 5.69 Å². The number of benzene rings is 2. The second-order valence-electron chi connectivity index (χ2n) is 4.58. The van der Waals surface area contributed by atoms with Gasteiger partial charge in [0.25, 0.3) is 0 Å². The molecule has 0 aliphatic carbocycles. The van der Waals surface area contributed by atoms with Crippen molar-refractivity contribution in [3.63, 3.8) is 0 Å². The van der Waals surface area contributed by atoms with Crippen molar-refractivity contribution in [1.82, 2.24) is 4.90 Å². The lowest BCUT2D eigenvalue weighted by Crippen LogP contribution is -2.30. The lowest BCUT2D eigenvalue weighted by atomic mass is 10.1. The van der Waals surface area contributed by atoms with Crippen LogP contribution < -0.4 is 5.32 Å². The molecule has 19 heavy (non-hydrogen) atoms. The lowest BCUT2D eigenvalue weighted by Gasteiger charge is -2.22. The number of hydrogen-bond acceptors (Lipinski definition) is 1. The minimum absolute atomic E-state index is 0.731. The summed E-state index contributed by atoms with van der Waals surface area (Å²) >= 11 is 5.42. The Morgan fingerprint density at radius 3 is 2.37 bits per heavy atom. The van der Waals surface area contributed by atoms with Gasteiger partial charge in [-0.3, -0.25) is 0 Å². The summed E-state index contributed by atoms with van der Waals surface area (Å²) in [7, 11) is 2.00. The number of hydrogen-bond donors (Lipinski definition) is 1. The van der Waals surface area contributed by atoms with E-state index in [4.69, 9.17) is 12.2 Å². The van der Waals surface area contributed by atoms with Crippen molar-refractivity contribution < 1.29 is 0 Å². The number of aryl methyl sites for hydroxylation is 1. The largest absolute Gasteiger partial charge is 0.348 e. The summed E-state index contributed by atoms with van der Waals surface area (Å²) in [5, 5.41) is 3.97. The number of nitrogens with zero attached hydrogens (tertiary/aromatic N) is 1. The van der Waals surface area contributed by atoms with Gasteiger partial charge in [0.15, 0.2) is 5.11 Å². The van der Waals surface area contributed by atoms with E-state index in [2.05, 4.69) is 36.5 Å². The van der Waals surface area contributed by atoms with E-state index in [-0.39, 0.29) is 0 Å². The molecule has 0 aliphatic heterocycles. The van der Waals surface area contributed by atoms with Crippen LogP contribution >= 0.6 is 12.2 Å². The van der Waals surface area contributed by atoms with Crippen LogP contribution in [-0.2, 0) is 6.54 Å². The van der Waals surface area contributed by atoms with Crippen molar-refractivity contribution in [3.8, 4) is 0 Å². The van der Waals surface area contributed by atoms with Crippen molar-refractivity contribution in [2.24, 2.45) is 0 Å². The van der Waals surface area contributed by atoms with Gasteiger partial charge in [0.05, 0.1) is 0 Å². The Kier molecular flexibility index (Phi) is 4.53. The molecule has 0 bridgehead atoms. The summed E-state index contributed by atoms with van der Waals surface area (Å²) in [5.41, 5.74) is 3.60. The Labute approximate surface area is 120 Å². The molecule has 0 fully saturated rings. The lowest BCUT2D eigenvalue weighted by molar-refractivity contribution is 0.507. The molecule has 1 N–H and O–H groups in total. The third-order valence-corrected chi connectivity index (χ3v) is 3.45. The Morgan fingerprint density at radius 1 is 1.05 bits per heavy atom. The monoisotopic (exact) mass is 270 g/mol. The first-order chi connectivity index (χ1) is 9.16. The van der Waals surface area contributed by atoms with Crippen LogP contribution in [0.1, 0.15) is 11.1 Å². The normalized spacial score (nSPS) is 10.0. The Hall–Kier alpha value is -1.87. The molecule has 0 heterocycles. The topological polar surface area (TPSA) is 15.3 Å². The SMILES string of the molecule is Cc1ccccc1CN(C)C(=S)Nc1ccccc1. The molecule has 0 aliphatic rings. The molecular weight excluding hydrogens is 252 g/mol. The van der Waals surface area contributed by atoms with Gasteiger partial charge in [-0.15, -0.1) is 0 Å². The van der Waals surface area contributed by atoms with Gasteiger partial charge in [0.1, 0.15) is 0 Å². The molecule has 0 atom stereocenters. The van der Waals surface area contributed by atoms with E-state index in [9.17, 15) is 0 Å². The molecule has 2 nitrogen and oxygen atoms in total. The highest BCUT2D eigenvalue weighted by Crippen LogP contribution is 2.11. The second-order valence-corrected chi connectivity index (χ2v) is 4.97. The van der Waals surface area contributed by atoms with E-state index in [0.717, 1.165) is 17.3 Å². The van der Waals surface area contributed by atoms with Crippen LogP contribution in [0, 0.1) is 6.92 Å². The zero-order valence-corrected chi connectivity index (χ0v) is 12.1. The molecule has 0 radical (unpaired) electrons. The van der Waals surface area contributed by atoms with Gasteiger partial charge in [-0.2, -0.15) is 0 Å². The maximum Gasteiger partial charge on any atom is 0.173 e. The van der Waals surface area contributed by atoms with Gasteiger partial charge in [-0.05, 0) is 42.4 Å². The molecule has 2 rings (SSSR count). The standard InChI is InChI=1S/C16H18N2S/c1-13-8-6-7-9-14(13)12-18(2)16(19)17-15-10-4-3-5-11-15/h3-11H,12H2,1-2H3,(H,17,19). The number of nitrogens with one attached hydrogen (secondary N) is 1. The summed E-state index contributed by atoms with van der Waals surface area (Å²) in [6.07, 6.45) is 0. The average molecular weight is 270 g/mol. The second kappa shape index (κ2) is 6.34. The van der Waals surface area contributed by atoms with Crippen molar-refractivity contribution in [2.45, 2.75) is 13.5 Å². The van der Waals surface area contributed by atoms with Crippen LogP contribution in [0.5, 0.6) is 0 Å². The summed E-state index contributed by atoms with van der Waals surface area (Å²) in [4.78, 5) is 2.05. The van der Waals surface area contributed by atoms with E-state index in [0.29, 0.717) is 0 Å². The molecular formula is C16H18N2S. The maximum atomic E-state index is 5.42. The minimum atomic E-state index is 0.731. The molecule has 98 valence electrons. The van der Waals surface area contributed by atoms with Gasteiger partial charge in [0, 0.05) is 19.3 Å². The third kappa shape index (κ3) is 3.80. The molecule has 0 aromatic heterocycles. The molecule has 0 amide bonds. The van der Waals surface area contributed by atoms with Crippen molar-refractivity contribution in [2.75, 3.05) is 12.4 Å². The van der Waals surface area contributed by atoms with Gasteiger partial charge in [-0.1, -0.05) is 42.5 Å². The Morgan fingerprint density at radius 2 is 1.68 bits per heavy atom. The smallest absolute Gasteiger partial charge is 0.173 e. The molecule has 0 unspecified atom stereocenters. The van der Waals surface area contributed by atoms with Crippen molar-refractivity contribution in [1.29, 1.82) is 0 Å². The number of thiocarbonyl (C=S) groups is 1. The maximum absolute atomic E-state index is 5.42. The average Bonchev–Trinajstić information content (AvgIpc) is 2.42. The van der Waals surface area contributed by atoms with E-state index in [1.807, 2.05) is 42.3 Å². The Bertz CT molecular complexity index is 552. The first kappa shape index (κ1) is 13.6. The van der Waals surface area contributed by atoms with E-state index in [1.54, 1.807) is 0 Å². The highest BCUT2D eigenvalue weighted by atomic mass is 32.1. The summed E-state index contributed by atoms with van der Waals surface area (Å²) < 4.78 is 0. The van der Waals surface area contributed by atoms with Gasteiger partial charge >= 0.3 is 0 Å². The number of rotatable bonds is 3. The molecule has 2 aromatic carbocycles. The van der Waals surface area contributed by atoms with Crippen molar-refractivity contribution in [3.05, 3.63) is 65.7 Å². The predicted octanol–water partition coefficient (Wildman–Crippen LogP) is 3.82. The zero-order chi connectivity index (χ0) is 13.7. The van der Waals surface area contributed by atoms with E-state index < -0.39 is 0 Å². The van der Waals surface area contributed by atoms with Crippen LogP contribution in [0.25, 0.3) is 0 Å². The van der Waals surface area contributed by atoms with Gasteiger partial charge < -0.3 is 10.2 Å². The quantitative estimate of drug-likeness (QED) is 0.854. The highest BCUT2D eigenvalue weighted by Gasteiger charge is 2.06. The first-order valence-corrected chi connectivity index (χ1v) is 6.69. The minimum Gasteiger partial charge on any atom is -0.348 e. The van der Waals surface area contributed by atoms with Gasteiger partial charge in [-0.25, -0.2) is 0 Å². The molecule has 0 saturated carbocycles. The van der Waals surface area contributed by atoms with Gasteiger partial charge in [0.2, 0.25) is 0 Å². The summed E-state index contributed by atoms with van der Waals surface area (Å²) in [5.74, 6) is 0. The fraction of sp³-hybridized carbons (Fsp3) is 0.188. The van der Waals surface area contributed by atoms with E-state index >= 15 is 0 Å². The van der Waals surface area contributed by atoms with Crippen LogP contribution in [0.3, 0.4) is 0 Å². The summed E-state index contributed by atoms with van der Waals surface area (Å²) in [6, 6.07) is 18.4. The number of anilines is 1. The molecule has 0 spiro atoms. The van der Waals surface area contributed by atoms with E-state index in [1.165, 1.54) is 11.1 Å². The molecule has 3 heteroatoms. The van der Waals surface area contributed by atoms with Crippen LogP contribution in [-0.4, -0.2) is 17.1 Å². The molecule has 2 aromatic rings. The fourth-order valence-electron chi connectivity index (χ4n) is 1.86. The highest BCUT2D eigenvalue weighted by molar-refractivity contribution is 7.80. The van der Waals surface area contributed by atoms with Crippen molar-refractivity contribution >= 4 is 23.0 Å².